The molecule has 0 aliphatic heterocycles. The highest BCUT2D eigenvalue weighted by Crippen LogP contribution is 2.33. The second kappa shape index (κ2) is 13.2. The minimum absolute atomic E-state index is 0.0124. The van der Waals surface area contributed by atoms with Crippen LogP contribution < -0.4 is 5.73 Å². The predicted octanol–water partition coefficient (Wildman–Crippen LogP) is 4.79. The molecule has 0 spiro atoms. The van der Waals surface area contributed by atoms with E-state index in [-0.39, 0.29) is 51.4 Å². The van der Waals surface area contributed by atoms with E-state index in [9.17, 15) is 19.5 Å². The first kappa shape index (κ1) is 30.3. The SMILES string of the molecule is CC(=O)C1CCC(N=C(C)C(=CN)C(=O)N(CC(=O)c2c(Cl)cncc2Cl)CC2CCC(C)(O)CC2)CC1. The van der Waals surface area contributed by atoms with E-state index in [2.05, 4.69) is 4.98 Å². The third-order valence-corrected chi connectivity index (χ3v) is 8.42. The molecule has 1 heterocycles. The van der Waals surface area contributed by atoms with E-state index >= 15 is 0 Å². The first-order valence-electron chi connectivity index (χ1n) is 13.2. The Morgan fingerprint density at radius 3 is 2.21 bits per heavy atom. The number of aliphatic hydroxyl groups is 1. The number of nitrogens with zero attached hydrogens (tertiary/aromatic N) is 3. The minimum Gasteiger partial charge on any atom is -0.404 e. The van der Waals surface area contributed by atoms with Gasteiger partial charge in [-0.1, -0.05) is 23.2 Å². The lowest BCUT2D eigenvalue weighted by molar-refractivity contribution is -0.127. The van der Waals surface area contributed by atoms with Crippen molar-refractivity contribution < 1.29 is 19.5 Å². The van der Waals surface area contributed by atoms with Gasteiger partial charge in [-0.3, -0.25) is 24.4 Å². The van der Waals surface area contributed by atoms with Gasteiger partial charge in [0, 0.05) is 36.8 Å². The van der Waals surface area contributed by atoms with Crippen LogP contribution in [0.1, 0.15) is 82.5 Å². The van der Waals surface area contributed by atoms with Gasteiger partial charge in [-0.05, 0) is 78.1 Å². The largest absolute Gasteiger partial charge is 0.404 e. The lowest BCUT2D eigenvalue weighted by atomic mass is 9.79. The zero-order valence-electron chi connectivity index (χ0n) is 22.4. The second-order valence-electron chi connectivity index (χ2n) is 10.9. The number of halogens is 2. The van der Waals surface area contributed by atoms with Crippen molar-refractivity contribution >= 4 is 46.4 Å². The Labute approximate surface area is 234 Å². The number of Topliss-reactive ketones (excluding diaryl/α,β-unsaturated/α-hetero) is 2. The Balaban J connectivity index is 1.81. The molecule has 0 bridgehead atoms. The molecule has 3 rings (SSSR count). The van der Waals surface area contributed by atoms with E-state index in [1.54, 1.807) is 13.8 Å². The van der Waals surface area contributed by atoms with Gasteiger partial charge in [0.1, 0.15) is 5.78 Å². The maximum absolute atomic E-state index is 13.8. The van der Waals surface area contributed by atoms with Crippen molar-refractivity contribution in [2.24, 2.45) is 22.6 Å². The van der Waals surface area contributed by atoms with Crippen LogP contribution in [0.25, 0.3) is 0 Å². The number of carbonyl (C=O) groups is 3. The van der Waals surface area contributed by atoms with Gasteiger partial charge in [0.15, 0.2) is 5.78 Å². The molecule has 2 aliphatic carbocycles. The van der Waals surface area contributed by atoms with Gasteiger partial charge in [0.05, 0.1) is 39.4 Å². The number of carbonyl (C=O) groups excluding carboxylic acids is 3. The molecule has 38 heavy (non-hydrogen) atoms. The Morgan fingerprint density at radius 2 is 1.68 bits per heavy atom. The average Bonchev–Trinajstić information content (AvgIpc) is 2.85. The molecule has 8 nitrogen and oxygen atoms in total. The first-order chi connectivity index (χ1) is 17.9. The van der Waals surface area contributed by atoms with E-state index in [1.807, 2.05) is 6.92 Å². The number of ketones is 2. The van der Waals surface area contributed by atoms with Gasteiger partial charge in [0.25, 0.3) is 5.91 Å². The van der Waals surface area contributed by atoms with Crippen LogP contribution in [0.5, 0.6) is 0 Å². The van der Waals surface area contributed by atoms with Crippen molar-refractivity contribution in [2.45, 2.75) is 83.8 Å². The molecule has 0 atom stereocenters. The van der Waals surface area contributed by atoms with Crippen molar-refractivity contribution in [2.75, 3.05) is 13.1 Å². The van der Waals surface area contributed by atoms with Crippen LogP contribution in [0, 0.1) is 11.8 Å². The van der Waals surface area contributed by atoms with Crippen LogP contribution in [-0.2, 0) is 9.59 Å². The van der Waals surface area contributed by atoms with Crippen molar-refractivity contribution in [3.05, 3.63) is 39.8 Å². The van der Waals surface area contributed by atoms with Gasteiger partial charge >= 0.3 is 0 Å². The predicted molar refractivity (Wildman–Crippen MR) is 150 cm³/mol. The molecule has 1 amide bonds. The number of aromatic nitrogens is 1. The number of pyridine rings is 1. The molecular weight excluding hydrogens is 527 g/mol. The Kier molecular flexibility index (Phi) is 10.5. The van der Waals surface area contributed by atoms with E-state index < -0.39 is 17.3 Å². The molecule has 1 aromatic heterocycles. The molecule has 10 heteroatoms. The van der Waals surface area contributed by atoms with E-state index in [4.69, 9.17) is 33.9 Å². The highest BCUT2D eigenvalue weighted by molar-refractivity contribution is 6.39. The maximum Gasteiger partial charge on any atom is 0.257 e. The van der Waals surface area contributed by atoms with Gasteiger partial charge in [-0.25, -0.2) is 0 Å². The molecule has 0 saturated heterocycles. The summed E-state index contributed by atoms with van der Waals surface area (Å²) in [6.07, 6.45) is 9.77. The van der Waals surface area contributed by atoms with Crippen molar-refractivity contribution in [1.29, 1.82) is 0 Å². The summed E-state index contributed by atoms with van der Waals surface area (Å²) in [5, 5.41) is 10.6. The van der Waals surface area contributed by atoms with Crippen molar-refractivity contribution in [3.8, 4) is 0 Å². The summed E-state index contributed by atoms with van der Waals surface area (Å²) >= 11 is 12.4. The summed E-state index contributed by atoms with van der Waals surface area (Å²) in [5.41, 5.74) is 6.09. The minimum atomic E-state index is -0.716. The van der Waals surface area contributed by atoms with Crippen molar-refractivity contribution in [3.63, 3.8) is 0 Å². The number of amides is 1. The van der Waals surface area contributed by atoms with Crippen LogP contribution in [0.15, 0.2) is 29.2 Å². The molecule has 2 aliphatic rings. The molecular formula is C28H38Cl2N4O4. The molecule has 2 fully saturated rings. The van der Waals surface area contributed by atoms with E-state index in [0.717, 1.165) is 38.5 Å². The summed E-state index contributed by atoms with van der Waals surface area (Å²) in [5.74, 6) is -0.378. The summed E-state index contributed by atoms with van der Waals surface area (Å²) in [4.78, 5) is 49.0. The van der Waals surface area contributed by atoms with Gasteiger partial charge < -0.3 is 15.7 Å². The average molecular weight is 566 g/mol. The van der Waals surface area contributed by atoms with Crippen LogP contribution in [-0.4, -0.2) is 62.9 Å². The zero-order chi connectivity index (χ0) is 28.0. The normalized spacial score (nSPS) is 26.6. The molecule has 0 aromatic carbocycles. The lowest BCUT2D eigenvalue weighted by Gasteiger charge is -2.36. The molecule has 3 N–H and O–H groups in total. The Hall–Kier alpha value is -2.29. The van der Waals surface area contributed by atoms with Crippen LogP contribution in [0.2, 0.25) is 10.0 Å². The molecule has 208 valence electrons. The van der Waals surface area contributed by atoms with Crippen LogP contribution >= 0.6 is 23.2 Å². The third-order valence-electron chi connectivity index (χ3n) is 7.85. The lowest BCUT2D eigenvalue weighted by Crippen LogP contribution is -2.43. The number of rotatable bonds is 9. The first-order valence-corrected chi connectivity index (χ1v) is 14.0. The quantitative estimate of drug-likeness (QED) is 0.252. The van der Waals surface area contributed by atoms with E-state index in [1.165, 1.54) is 23.5 Å². The second-order valence-corrected chi connectivity index (χ2v) is 11.8. The molecule has 1 aromatic rings. The van der Waals surface area contributed by atoms with Crippen molar-refractivity contribution in [1.82, 2.24) is 9.88 Å². The summed E-state index contributed by atoms with van der Waals surface area (Å²) < 4.78 is 0. The summed E-state index contributed by atoms with van der Waals surface area (Å²) in [6.45, 7) is 5.30. The molecule has 0 unspecified atom stereocenters. The van der Waals surface area contributed by atoms with Gasteiger partial charge in [-0.15, -0.1) is 0 Å². The fourth-order valence-corrected chi connectivity index (χ4v) is 5.99. The van der Waals surface area contributed by atoms with Gasteiger partial charge in [-0.2, -0.15) is 0 Å². The standard InChI is InChI=1S/C28H38Cl2N4O4/c1-17(33-21-6-4-20(5-7-21)18(2)35)22(12-31)27(37)34(15-19-8-10-28(3,38)11-9-19)16-25(36)26-23(29)13-32-14-24(26)30/h12-14,19-21,38H,4-11,15-16,31H2,1-3H3. The Morgan fingerprint density at radius 1 is 1.11 bits per heavy atom. The fraction of sp³-hybridized carbons (Fsp3) is 0.607. The Bertz CT molecular complexity index is 1080. The topological polar surface area (TPSA) is 126 Å². The highest BCUT2D eigenvalue weighted by atomic mass is 35.5. The number of nitrogens with two attached hydrogens (primary N) is 1. The molecule has 0 radical (unpaired) electrons. The highest BCUT2D eigenvalue weighted by Gasteiger charge is 2.33. The molecule has 2 saturated carbocycles. The fourth-order valence-electron chi connectivity index (χ4n) is 5.41. The van der Waals surface area contributed by atoms with Gasteiger partial charge in [0.2, 0.25) is 0 Å². The maximum atomic E-state index is 13.8. The van der Waals surface area contributed by atoms with E-state index in [0.29, 0.717) is 25.1 Å². The van der Waals surface area contributed by atoms with Crippen LogP contribution in [0.3, 0.4) is 0 Å². The third kappa shape index (κ3) is 7.87. The number of hydrogen-bond acceptors (Lipinski definition) is 7. The summed E-state index contributed by atoms with van der Waals surface area (Å²) in [6, 6.07) is 0.0124. The smallest absolute Gasteiger partial charge is 0.257 e. The monoisotopic (exact) mass is 564 g/mol. The summed E-state index contributed by atoms with van der Waals surface area (Å²) in [7, 11) is 0. The number of hydrogen-bond donors (Lipinski definition) is 2. The number of aliphatic imine (C=N–C) groups is 1. The zero-order valence-corrected chi connectivity index (χ0v) is 23.9. The van der Waals surface area contributed by atoms with Crippen LogP contribution in [0.4, 0.5) is 0 Å².